The third-order valence-corrected chi connectivity index (χ3v) is 4.54. The molecule has 0 amide bonds. The Hall–Kier alpha value is -1.13. The van der Waals surface area contributed by atoms with Crippen LogP contribution in [0.2, 0.25) is 0 Å². The zero-order valence-electron chi connectivity index (χ0n) is 12.9. The molecule has 0 radical (unpaired) electrons. The molecule has 2 unspecified atom stereocenters. The number of benzene rings is 1. The Balaban J connectivity index is 1.60. The van der Waals surface area contributed by atoms with Gasteiger partial charge in [0.1, 0.15) is 17.7 Å². The van der Waals surface area contributed by atoms with Gasteiger partial charge in [-0.25, -0.2) is 4.39 Å². The lowest BCUT2D eigenvalue weighted by atomic mass is 10.0. The topological polar surface area (TPSA) is 24.5 Å². The minimum Gasteiger partial charge on any atom is -0.488 e. The maximum atomic E-state index is 13.3. The Morgan fingerprint density at radius 1 is 1.43 bits per heavy atom. The number of fused-ring (bicyclic) bond motifs is 1. The van der Waals surface area contributed by atoms with Gasteiger partial charge in [0.15, 0.2) is 0 Å². The van der Waals surface area contributed by atoms with Crippen LogP contribution >= 0.6 is 0 Å². The molecule has 1 fully saturated rings. The Morgan fingerprint density at radius 3 is 3.10 bits per heavy atom. The normalized spacial score (nSPS) is 26.5. The third-order valence-electron chi connectivity index (χ3n) is 4.54. The molecule has 21 heavy (non-hydrogen) atoms. The Morgan fingerprint density at radius 2 is 2.29 bits per heavy atom. The highest BCUT2D eigenvalue weighted by molar-refractivity contribution is 5.37. The predicted molar refractivity (Wildman–Crippen MR) is 82.2 cm³/mol. The van der Waals surface area contributed by atoms with Crippen molar-refractivity contribution in [2.75, 3.05) is 26.2 Å². The number of rotatable bonds is 3. The van der Waals surface area contributed by atoms with E-state index < -0.39 is 0 Å². The van der Waals surface area contributed by atoms with Crippen molar-refractivity contribution in [3.8, 4) is 5.75 Å². The highest BCUT2D eigenvalue weighted by Crippen LogP contribution is 2.29. The van der Waals surface area contributed by atoms with Gasteiger partial charge in [-0.15, -0.1) is 0 Å². The standard InChI is InChI=1S/C17H25FN2O/c1-12(2)16-11-20(7-3-6-19-16)10-15-9-13-8-14(18)4-5-17(13)21-15/h4-5,8,12,15-16,19H,3,6-7,9-11H2,1-2H3. The van der Waals surface area contributed by atoms with Gasteiger partial charge in [-0.05, 0) is 43.6 Å². The largest absolute Gasteiger partial charge is 0.488 e. The van der Waals surface area contributed by atoms with Crippen molar-refractivity contribution in [2.24, 2.45) is 5.92 Å². The van der Waals surface area contributed by atoms with Crippen LogP contribution in [0.1, 0.15) is 25.8 Å². The first-order chi connectivity index (χ1) is 10.1. The van der Waals surface area contributed by atoms with Crippen LogP contribution < -0.4 is 10.1 Å². The lowest BCUT2D eigenvalue weighted by Crippen LogP contribution is -2.44. The Kier molecular flexibility index (Phi) is 4.45. The molecule has 2 atom stereocenters. The molecule has 1 N–H and O–H groups in total. The summed E-state index contributed by atoms with van der Waals surface area (Å²) >= 11 is 0. The first-order valence-electron chi connectivity index (χ1n) is 8.02. The molecule has 2 heterocycles. The minimum absolute atomic E-state index is 0.160. The van der Waals surface area contributed by atoms with E-state index in [9.17, 15) is 4.39 Å². The molecule has 4 heteroatoms. The second kappa shape index (κ2) is 6.32. The molecule has 1 aromatic rings. The molecular formula is C17H25FN2O. The van der Waals surface area contributed by atoms with Gasteiger partial charge in [0.05, 0.1) is 0 Å². The number of hydrogen-bond acceptors (Lipinski definition) is 3. The van der Waals surface area contributed by atoms with Crippen LogP contribution in [0.4, 0.5) is 4.39 Å². The van der Waals surface area contributed by atoms with E-state index in [0.717, 1.165) is 43.9 Å². The molecule has 0 saturated carbocycles. The maximum Gasteiger partial charge on any atom is 0.123 e. The van der Waals surface area contributed by atoms with E-state index in [0.29, 0.717) is 12.0 Å². The molecule has 3 nitrogen and oxygen atoms in total. The first kappa shape index (κ1) is 14.8. The second-order valence-corrected chi connectivity index (χ2v) is 6.61. The number of ether oxygens (including phenoxy) is 1. The summed E-state index contributed by atoms with van der Waals surface area (Å²) in [5, 5.41) is 3.63. The zero-order valence-corrected chi connectivity index (χ0v) is 12.9. The van der Waals surface area contributed by atoms with E-state index in [1.54, 1.807) is 12.1 Å². The maximum absolute atomic E-state index is 13.3. The monoisotopic (exact) mass is 292 g/mol. The van der Waals surface area contributed by atoms with E-state index >= 15 is 0 Å². The van der Waals surface area contributed by atoms with Crippen molar-refractivity contribution < 1.29 is 9.13 Å². The summed E-state index contributed by atoms with van der Waals surface area (Å²) in [4.78, 5) is 2.50. The molecule has 0 aromatic heterocycles. The smallest absolute Gasteiger partial charge is 0.123 e. The summed E-state index contributed by atoms with van der Waals surface area (Å²) in [7, 11) is 0. The predicted octanol–water partition coefficient (Wildman–Crippen LogP) is 2.45. The summed E-state index contributed by atoms with van der Waals surface area (Å²) in [5.41, 5.74) is 1.01. The van der Waals surface area contributed by atoms with Crippen molar-refractivity contribution in [2.45, 2.75) is 38.8 Å². The molecule has 3 rings (SSSR count). The molecule has 0 aliphatic carbocycles. The molecule has 1 saturated heterocycles. The van der Waals surface area contributed by atoms with Gasteiger partial charge in [0.2, 0.25) is 0 Å². The molecule has 116 valence electrons. The summed E-state index contributed by atoms with van der Waals surface area (Å²) in [5.74, 6) is 1.33. The second-order valence-electron chi connectivity index (χ2n) is 6.61. The van der Waals surface area contributed by atoms with Crippen molar-refractivity contribution in [3.63, 3.8) is 0 Å². The highest BCUT2D eigenvalue weighted by Gasteiger charge is 2.27. The Bertz CT molecular complexity index is 492. The van der Waals surface area contributed by atoms with Gasteiger partial charge < -0.3 is 10.1 Å². The van der Waals surface area contributed by atoms with E-state index in [-0.39, 0.29) is 11.9 Å². The number of halogens is 1. The van der Waals surface area contributed by atoms with E-state index in [1.807, 2.05) is 0 Å². The van der Waals surface area contributed by atoms with Crippen molar-refractivity contribution in [3.05, 3.63) is 29.6 Å². The van der Waals surface area contributed by atoms with Crippen LogP contribution in [0.25, 0.3) is 0 Å². The summed E-state index contributed by atoms with van der Waals surface area (Å²) in [6.45, 7) is 8.75. The van der Waals surface area contributed by atoms with Gasteiger partial charge in [-0.3, -0.25) is 4.90 Å². The van der Waals surface area contributed by atoms with Crippen LogP contribution in [-0.4, -0.2) is 43.2 Å². The number of hydrogen-bond donors (Lipinski definition) is 1. The van der Waals surface area contributed by atoms with Gasteiger partial charge in [0.25, 0.3) is 0 Å². The van der Waals surface area contributed by atoms with Gasteiger partial charge in [-0.1, -0.05) is 13.8 Å². The van der Waals surface area contributed by atoms with Gasteiger partial charge in [-0.2, -0.15) is 0 Å². The van der Waals surface area contributed by atoms with Crippen molar-refractivity contribution in [1.29, 1.82) is 0 Å². The molecule has 2 aliphatic rings. The van der Waals surface area contributed by atoms with Crippen molar-refractivity contribution in [1.82, 2.24) is 10.2 Å². The zero-order chi connectivity index (χ0) is 14.8. The fourth-order valence-electron chi connectivity index (χ4n) is 3.32. The number of nitrogens with zero attached hydrogens (tertiary/aromatic N) is 1. The van der Waals surface area contributed by atoms with Crippen LogP contribution in [0.3, 0.4) is 0 Å². The number of nitrogens with one attached hydrogen (secondary N) is 1. The summed E-state index contributed by atoms with van der Waals surface area (Å²) in [6, 6.07) is 5.39. The Labute approximate surface area is 126 Å². The van der Waals surface area contributed by atoms with Crippen LogP contribution in [-0.2, 0) is 6.42 Å². The summed E-state index contributed by atoms with van der Waals surface area (Å²) < 4.78 is 19.2. The molecule has 0 bridgehead atoms. The average Bonchev–Trinajstić information content (AvgIpc) is 2.66. The van der Waals surface area contributed by atoms with Gasteiger partial charge >= 0.3 is 0 Å². The summed E-state index contributed by atoms with van der Waals surface area (Å²) in [6.07, 6.45) is 2.16. The van der Waals surface area contributed by atoms with Crippen LogP contribution in [0.15, 0.2) is 18.2 Å². The third kappa shape index (κ3) is 3.55. The van der Waals surface area contributed by atoms with E-state index in [2.05, 4.69) is 24.1 Å². The van der Waals surface area contributed by atoms with Crippen LogP contribution in [0.5, 0.6) is 5.75 Å². The average molecular weight is 292 g/mol. The quantitative estimate of drug-likeness (QED) is 0.926. The fraction of sp³-hybridized carbons (Fsp3) is 0.647. The van der Waals surface area contributed by atoms with E-state index in [4.69, 9.17) is 4.74 Å². The van der Waals surface area contributed by atoms with Crippen molar-refractivity contribution >= 4 is 0 Å². The van der Waals surface area contributed by atoms with Crippen LogP contribution in [0, 0.1) is 11.7 Å². The minimum atomic E-state index is -0.170. The SMILES string of the molecule is CC(C)C1CN(CC2Cc3cc(F)ccc3O2)CCCN1. The lowest BCUT2D eigenvalue weighted by Gasteiger charge is -2.28. The molecule has 1 aromatic carbocycles. The first-order valence-corrected chi connectivity index (χ1v) is 8.02. The molecule has 2 aliphatic heterocycles. The van der Waals surface area contributed by atoms with E-state index in [1.165, 1.54) is 12.5 Å². The fourth-order valence-corrected chi connectivity index (χ4v) is 3.32. The lowest BCUT2D eigenvalue weighted by molar-refractivity contribution is 0.144. The molecule has 0 spiro atoms. The van der Waals surface area contributed by atoms with Gasteiger partial charge in [0, 0.05) is 31.1 Å². The molecular weight excluding hydrogens is 267 g/mol. The highest BCUT2D eigenvalue weighted by atomic mass is 19.1.